The number of halogens is 3. The van der Waals surface area contributed by atoms with Crippen LogP contribution in [0.2, 0.25) is 0 Å². The third-order valence-electron chi connectivity index (χ3n) is 6.72. The van der Waals surface area contributed by atoms with Crippen LogP contribution in [0.15, 0.2) is 48.7 Å². The number of carbonyl (C=O) groups is 1. The average Bonchev–Trinajstić information content (AvgIpc) is 3.69. The van der Waals surface area contributed by atoms with Crippen molar-refractivity contribution in [3.05, 3.63) is 81.1 Å². The van der Waals surface area contributed by atoms with Crippen LogP contribution in [0, 0.1) is 17.7 Å². The van der Waals surface area contributed by atoms with Gasteiger partial charge in [-0.25, -0.2) is 9.07 Å². The minimum atomic E-state index is -3.88. The van der Waals surface area contributed by atoms with Gasteiger partial charge in [0.05, 0.1) is 16.3 Å². The number of thiophene rings is 1. The molecule has 1 unspecified atom stereocenters. The molecule has 192 valence electrons. The van der Waals surface area contributed by atoms with Crippen LogP contribution in [0.5, 0.6) is 0 Å². The molecule has 0 saturated carbocycles. The number of benzene rings is 1. The zero-order chi connectivity index (χ0) is 26.5. The molecule has 1 atom stereocenters. The van der Waals surface area contributed by atoms with E-state index in [1.54, 1.807) is 12.1 Å². The highest BCUT2D eigenvalue weighted by molar-refractivity contribution is 7.14. The molecule has 0 spiro atoms. The molecule has 0 bridgehead atoms. The summed E-state index contributed by atoms with van der Waals surface area (Å²) in [7, 11) is 0. The van der Waals surface area contributed by atoms with E-state index in [0.717, 1.165) is 54.9 Å². The number of fused-ring (bicyclic) bond motifs is 3. The second-order valence-corrected chi connectivity index (χ2v) is 10.2. The lowest BCUT2D eigenvalue weighted by Gasteiger charge is -2.39. The van der Waals surface area contributed by atoms with Crippen molar-refractivity contribution in [1.82, 2.24) is 30.1 Å². The molecule has 4 aromatic rings. The predicted octanol–water partition coefficient (Wildman–Crippen LogP) is 3.56. The molecule has 2 aliphatic heterocycles. The third-order valence-corrected chi connectivity index (χ3v) is 7.71. The number of amides is 1. The Bertz CT molecular complexity index is 1600. The number of aliphatic hydroxyl groups is 1. The van der Waals surface area contributed by atoms with Crippen LogP contribution in [0.25, 0.3) is 11.4 Å². The molecule has 1 saturated heterocycles. The lowest BCUT2D eigenvalue weighted by Crippen LogP contribution is -2.49. The lowest BCUT2D eigenvalue weighted by molar-refractivity contribution is -0.207. The molecular formula is C26H19F3N6O2S. The first-order chi connectivity index (χ1) is 18.3. The van der Waals surface area contributed by atoms with Gasteiger partial charge in [0.15, 0.2) is 11.4 Å². The largest absolute Gasteiger partial charge is 0.377 e. The number of hydrogen-bond donors (Lipinski definition) is 1. The summed E-state index contributed by atoms with van der Waals surface area (Å²) in [6.07, 6.45) is 3.21. The molecule has 1 N–H and O–H groups in total. The van der Waals surface area contributed by atoms with E-state index in [9.17, 15) is 14.3 Å². The Morgan fingerprint density at radius 2 is 1.92 bits per heavy atom. The summed E-state index contributed by atoms with van der Waals surface area (Å²) in [6, 6.07) is 9.09. The van der Waals surface area contributed by atoms with E-state index in [4.69, 9.17) is 0 Å². The molecule has 38 heavy (non-hydrogen) atoms. The van der Waals surface area contributed by atoms with Crippen LogP contribution >= 0.6 is 11.3 Å². The number of nitrogens with zero attached hydrogens (tertiary/aromatic N) is 6. The van der Waals surface area contributed by atoms with Gasteiger partial charge in [-0.15, -0.1) is 16.4 Å². The van der Waals surface area contributed by atoms with Crippen LogP contribution < -0.4 is 0 Å². The van der Waals surface area contributed by atoms with E-state index in [0.29, 0.717) is 15.3 Å². The smallest absolute Gasteiger partial charge is 0.323 e. The molecule has 1 fully saturated rings. The first kappa shape index (κ1) is 24.3. The summed E-state index contributed by atoms with van der Waals surface area (Å²) in [6.45, 7) is 0.866. The second kappa shape index (κ2) is 9.04. The Hall–Kier alpha value is -4.08. The summed E-state index contributed by atoms with van der Waals surface area (Å²) in [4.78, 5) is 19.5. The van der Waals surface area contributed by atoms with Crippen LogP contribution in [0.3, 0.4) is 0 Å². The van der Waals surface area contributed by atoms with Gasteiger partial charge in [0.1, 0.15) is 11.5 Å². The van der Waals surface area contributed by atoms with E-state index in [2.05, 4.69) is 32.4 Å². The third kappa shape index (κ3) is 3.95. The van der Waals surface area contributed by atoms with Crippen LogP contribution in [0.1, 0.15) is 44.2 Å². The maximum absolute atomic E-state index is 15.8. The number of pyridine rings is 1. The van der Waals surface area contributed by atoms with Crippen molar-refractivity contribution in [2.75, 3.05) is 13.1 Å². The predicted molar refractivity (Wildman–Crippen MR) is 131 cm³/mol. The molecule has 0 aliphatic carbocycles. The van der Waals surface area contributed by atoms with Crippen LogP contribution in [-0.4, -0.2) is 54.2 Å². The summed E-state index contributed by atoms with van der Waals surface area (Å²) in [5, 5.41) is 22.2. The average molecular weight is 537 g/mol. The van der Waals surface area contributed by atoms with Crippen LogP contribution in [0.4, 0.5) is 13.2 Å². The van der Waals surface area contributed by atoms with Crippen molar-refractivity contribution in [1.29, 1.82) is 0 Å². The quantitative estimate of drug-likeness (QED) is 0.402. The van der Waals surface area contributed by atoms with E-state index in [1.165, 1.54) is 23.6 Å². The monoisotopic (exact) mass is 536 g/mol. The summed E-state index contributed by atoms with van der Waals surface area (Å²) >= 11 is 1.28. The molecular weight excluding hydrogens is 517 g/mol. The minimum Gasteiger partial charge on any atom is -0.377 e. The van der Waals surface area contributed by atoms with Crippen molar-refractivity contribution in [3.8, 4) is 23.2 Å². The van der Waals surface area contributed by atoms with Crippen LogP contribution in [-0.2, 0) is 18.1 Å². The molecule has 2 aliphatic rings. The number of hydrogen-bond acceptors (Lipinski definition) is 7. The van der Waals surface area contributed by atoms with E-state index < -0.39 is 29.6 Å². The summed E-state index contributed by atoms with van der Waals surface area (Å²) in [5.41, 5.74) is -3.31. The maximum Gasteiger partial charge on any atom is 0.323 e. The van der Waals surface area contributed by atoms with Gasteiger partial charge >= 0.3 is 5.92 Å². The highest BCUT2D eigenvalue weighted by Gasteiger charge is 2.59. The second-order valence-electron chi connectivity index (χ2n) is 9.13. The van der Waals surface area contributed by atoms with E-state index in [1.807, 2.05) is 4.90 Å². The number of rotatable bonds is 3. The van der Waals surface area contributed by atoms with Crippen molar-refractivity contribution >= 4 is 17.2 Å². The fourth-order valence-electron chi connectivity index (χ4n) is 4.73. The number of alkyl halides is 2. The van der Waals surface area contributed by atoms with Gasteiger partial charge in [-0.3, -0.25) is 9.78 Å². The standard InChI is InChI=1S/C26H19F3N6O2S/c27-17-5-8-20-19(13-17)23-31-32-33-35(23)15-25(20,37)26(28,29)22-10-4-16(14-30-22)3-6-18-7-9-21(38-18)24(36)34-11-1-2-12-34/h4-5,7-10,13-14,37H,1-2,11-12,15H2. The Morgan fingerprint density at radius 1 is 1.11 bits per heavy atom. The maximum atomic E-state index is 15.8. The summed E-state index contributed by atoms with van der Waals surface area (Å²) < 4.78 is 46.6. The molecule has 3 aromatic heterocycles. The molecule has 1 amide bonds. The van der Waals surface area contributed by atoms with Gasteiger partial charge in [-0.1, -0.05) is 17.9 Å². The van der Waals surface area contributed by atoms with E-state index >= 15 is 8.78 Å². The summed E-state index contributed by atoms with van der Waals surface area (Å²) in [5.74, 6) is 1.33. The highest BCUT2D eigenvalue weighted by Crippen LogP contribution is 2.50. The SMILES string of the molecule is O=C(c1ccc(C#Cc2ccc(C(F)(F)C3(O)Cn4nnnc4-c4cc(F)ccc43)nc2)s1)N1CCCC1. The van der Waals surface area contributed by atoms with Crippen molar-refractivity contribution < 1.29 is 23.1 Å². The van der Waals surface area contributed by atoms with E-state index in [-0.39, 0.29) is 22.9 Å². The Labute approximate surface area is 218 Å². The zero-order valence-corrected chi connectivity index (χ0v) is 20.6. The number of carbonyl (C=O) groups excluding carboxylic acids is 1. The fourth-order valence-corrected chi connectivity index (χ4v) is 5.56. The van der Waals surface area contributed by atoms with Gasteiger partial charge in [0.2, 0.25) is 0 Å². The lowest BCUT2D eigenvalue weighted by atomic mass is 9.80. The Morgan fingerprint density at radius 3 is 2.68 bits per heavy atom. The minimum absolute atomic E-state index is 0.00690. The molecule has 1 aromatic carbocycles. The van der Waals surface area contributed by atoms with Crippen molar-refractivity contribution in [2.45, 2.75) is 30.9 Å². The Balaban J connectivity index is 1.26. The Kier molecular flexibility index (Phi) is 5.77. The molecule has 5 heterocycles. The topological polar surface area (TPSA) is 97.0 Å². The zero-order valence-electron chi connectivity index (χ0n) is 19.7. The van der Waals surface area contributed by atoms with Crippen molar-refractivity contribution in [2.24, 2.45) is 0 Å². The molecule has 0 radical (unpaired) electrons. The normalized spacial score (nSPS) is 18.5. The number of tetrazole rings is 1. The molecule has 12 heteroatoms. The van der Waals surface area contributed by atoms with Gasteiger partial charge in [0, 0.05) is 36.0 Å². The fraction of sp³-hybridized carbons (Fsp3) is 0.269. The molecule has 6 rings (SSSR count). The number of aromatic nitrogens is 5. The number of likely N-dealkylation sites (tertiary alicyclic amines) is 1. The molecule has 8 nitrogen and oxygen atoms in total. The van der Waals surface area contributed by atoms with Gasteiger partial charge in [0.25, 0.3) is 5.91 Å². The van der Waals surface area contributed by atoms with Crippen molar-refractivity contribution in [3.63, 3.8) is 0 Å². The highest BCUT2D eigenvalue weighted by atomic mass is 32.1. The van der Waals surface area contributed by atoms with Gasteiger partial charge in [-0.2, -0.15) is 8.78 Å². The van der Waals surface area contributed by atoms with Gasteiger partial charge < -0.3 is 10.0 Å². The van der Waals surface area contributed by atoms with Gasteiger partial charge in [-0.05, 0) is 59.7 Å². The first-order valence-electron chi connectivity index (χ1n) is 11.8. The first-order valence-corrected chi connectivity index (χ1v) is 12.6.